The predicted octanol–water partition coefficient (Wildman–Crippen LogP) is 2.19. The molecule has 0 atom stereocenters. The standard InChI is InChI=1S/C15H17ClN4O3/c16-12-3-1-4-13(20-8-7-17-10-20)11(12)9-19-15(23)18-6-2-5-14(21)22/h1,3-4,7-8,10H,2,5-6,9H2,(H,21,22)(H2,18,19,23). The summed E-state index contributed by atoms with van der Waals surface area (Å²) in [6.07, 6.45) is 5.51. The van der Waals surface area contributed by atoms with E-state index in [0.29, 0.717) is 18.0 Å². The number of carbonyl (C=O) groups excluding carboxylic acids is 1. The van der Waals surface area contributed by atoms with E-state index in [1.54, 1.807) is 24.8 Å². The third-order valence-electron chi connectivity index (χ3n) is 3.16. The molecule has 0 saturated heterocycles. The molecule has 0 spiro atoms. The number of carboxylic acids is 1. The molecule has 1 aromatic carbocycles. The number of carbonyl (C=O) groups is 2. The molecule has 2 amide bonds. The highest BCUT2D eigenvalue weighted by Gasteiger charge is 2.10. The van der Waals surface area contributed by atoms with Gasteiger partial charge >= 0.3 is 12.0 Å². The van der Waals surface area contributed by atoms with Crippen LogP contribution in [0.5, 0.6) is 0 Å². The summed E-state index contributed by atoms with van der Waals surface area (Å²) in [6.45, 7) is 0.549. The third-order valence-corrected chi connectivity index (χ3v) is 3.51. The van der Waals surface area contributed by atoms with Gasteiger partial charge in [-0.2, -0.15) is 0 Å². The van der Waals surface area contributed by atoms with Crippen molar-refractivity contribution >= 4 is 23.6 Å². The zero-order valence-electron chi connectivity index (χ0n) is 12.3. The number of hydrogen-bond donors (Lipinski definition) is 3. The topological polar surface area (TPSA) is 96.3 Å². The molecule has 2 rings (SSSR count). The molecular weight excluding hydrogens is 320 g/mol. The Morgan fingerprint density at radius 3 is 2.83 bits per heavy atom. The summed E-state index contributed by atoms with van der Waals surface area (Å²) < 4.78 is 1.81. The van der Waals surface area contributed by atoms with Crippen LogP contribution in [0.1, 0.15) is 18.4 Å². The lowest BCUT2D eigenvalue weighted by atomic mass is 10.1. The van der Waals surface area contributed by atoms with Gasteiger partial charge in [0.25, 0.3) is 0 Å². The zero-order chi connectivity index (χ0) is 16.7. The molecular formula is C15H17ClN4O3. The minimum atomic E-state index is -0.881. The smallest absolute Gasteiger partial charge is 0.315 e. The first-order valence-electron chi connectivity index (χ1n) is 7.07. The number of urea groups is 1. The molecule has 0 unspecified atom stereocenters. The Morgan fingerprint density at radius 2 is 2.13 bits per heavy atom. The van der Waals surface area contributed by atoms with Gasteiger partial charge in [-0.15, -0.1) is 0 Å². The molecule has 2 aromatic rings. The molecule has 7 nitrogen and oxygen atoms in total. The number of rotatable bonds is 7. The van der Waals surface area contributed by atoms with Crippen LogP contribution in [0, 0.1) is 0 Å². The van der Waals surface area contributed by atoms with Crippen molar-refractivity contribution < 1.29 is 14.7 Å². The second-order valence-electron chi connectivity index (χ2n) is 4.81. The van der Waals surface area contributed by atoms with Crippen LogP contribution < -0.4 is 10.6 Å². The molecule has 0 aliphatic rings. The lowest BCUT2D eigenvalue weighted by molar-refractivity contribution is -0.137. The summed E-state index contributed by atoms with van der Waals surface area (Å²) >= 11 is 6.22. The first-order valence-corrected chi connectivity index (χ1v) is 7.45. The summed E-state index contributed by atoms with van der Waals surface area (Å²) in [5, 5.41) is 14.4. The summed E-state index contributed by atoms with van der Waals surface area (Å²) in [7, 11) is 0. The number of aromatic nitrogens is 2. The number of carboxylic acid groups (broad SMARTS) is 1. The highest BCUT2D eigenvalue weighted by Crippen LogP contribution is 2.23. The van der Waals surface area contributed by atoms with Gasteiger partial charge < -0.3 is 20.3 Å². The van der Waals surface area contributed by atoms with Crippen LogP contribution in [0.3, 0.4) is 0 Å². The zero-order valence-corrected chi connectivity index (χ0v) is 13.1. The molecule has 1 aromatic heterocycles. The number of nitrogens with one attached hydrogen (secondary N) is 2. The molecule has 0 aliphatic carbocycles. The number of hydrogen-bond acceptors (Lipinski definition) is 3. The average Bonchev–Trinajstić information content (AvgIpc) is 3.04. The Labute approximate surface area is 138 Å². The van der Waals surface area contributed by atoms with Crippen molar-refractivity contribution in [3.8, 4) is 5.69 Å². The normalized spacial score (nSPS) is 10.3. The molecule has 1 heterocycles. The third kappa shape index (κ3) is 5.00. The first-order chi connectivity index (χ1) is 11.1. The van der Waals surface area contributed by atoms with Crippen molar-refractivity contribution in [1.82, 2.24) is 20.2 Å². The van der Waals surface area contributed by atoms with Crippen molar-refractivity contribution in [1.29, 1.82) is 0 Å². The number of aliphatic carboxylic acids is 1. The Balaban J connectivity index is 1.93. The van der Waals surface area contributed by atoms with E-state index in [-0.39, 0.29) is 19.0 Å². The maximum Gasteiger partial charge on any atom is 0.315 e. The van der Waals surface area contributed by atoms with E-state index in [2.05, 4.69) is 15.6 Å². The van der Waals surface area contributed by atoms with Crippen LogP contribution in [0.4, 0.5) is 4.79 Å². The number of nitrogens with zero attached hydrogens (tertiary/aromatic N) is 2. The average molecular weight is 337 g/mol. The Hall–Kier alpha value is -2.54. The SMILES string of the molecule is O=C(O)CCCNC(=O)NCc1c(Cl)cccc1-n1ccnc1. The van der Waals surface area contributed by atoms with Crippen molar-refractivity contribution in [3.63, 3.8) is 0 Å². The highest BCUT2D eigenvalue weighted by atomic mass is 35.5. The van der Waals surface area contributed by atoms with E-state index >= 15 is 0 Å². The Kier molecular flexibility index (Phi) is 5.99. The fraction of sp³-hybridized carbons (Fsp3) is 0.267. The lowest BCUT2D eigenvalue weighted by Crippen LogP contribution is -2.36. The second-order valence-corrected chi connectivity index (χ2v) is 5.22. The highest BCUT2D eigenvalue weighted by molar-refractivity contribution is 6.31. The van der Waals surface area contributed by atoms with E-state index in [0.717, 1.165) is 11.3 Å². The summed E-state index contributed by atoms with van der Waals surface area (Å²) in [6, 6.07) is 5.10. The molecule has 122 valence electrons. The second kappa shape index (κ2) is 8.19. The molecule has 23 heavy (non-hydrogen) atoms. The molecule has 0 saturated carbocycles. The molecule has 0 radical (unpaired) electrons. The first kappa shape index (κ1) is 16.8. The maximum absolute atomic E-state index is 11.7. The van der Waals surface area contributed by atoms with E-state index in [9.17, 15) is 9.59 Å². The van der Waals surface area contributed by atoms with Crippen LogP contribution in [0.25, 0.3) is 5.69 Å². The van der Waals surface area contributed by atoms with E-state index in [4.69, 9.17) is 16.7 Å². The van der Waals surface area contributed by atoms with Crippen molar-refractivity contribution in [2.45, 2.75) is 19.4 Å². The quantitative estimate of drug-likeness (QED) is 0.675. The summed E-state index contributed by atoms with van der Waals surface area (Å²) in [5.41, 5.74) is 1.61. The fourth-order valence-electron chi connectivity index (χ4n) is 2.04. The van der Waals surface area contributed by atoms with Crippen LogP contribution in [0.2, 0.25) is 5.02 Å². The van der Waals surface area contributed by atoms with Gasteiger partial charge in [-0.3, -0.25) is 4.79 Å². The van der Waals surface area contributed by atoms with E-state index in [1.165, 1.54) is 0 Å². The predicted molar refractivity (Wildman–Crippen MR) is 85.7 cm³/mol. The van der Waals surface area contributed by atoms with Crippen molar-refractivity contribution in [3.05, 3.63) is 47.5 Å². The number of halogens is 1. The number of benzene rings is 1. The molecule has 0 aliphatic heterocycles. The minimum absolute atomic E-state index is 0.0234. The van der Waals surface area contributed by atoms with Crippen molar-refractivity contribution in [2.75, 3.05) is 6.54 Å². The van der Waals surface area contributed by atoms with Gasteiger partial charge in [0.15, 0.2) is 0 Å². The summed E-state index contributed by atoms with van der Waals surface area (Å²) in [4.78, 5) is 26.1. The van der Waals surface area contributed by atoms with Crippen LogP contribution >= 0.6 is 11.6 Å². The Bertz CT molecular complexity index is 673. The van der Waals surface area contributed by atoms with Gasteiger partial charge in [0, 0.05) is 42.5 Å². The monoisotopic (exact) mass is 336 g/mol. The van der Waals surface area contributed by atoms with E-state index < -0.39 is 5.97 Å². The Morgan fingerprint density at radius 1 is 1.30 bits per heavy atom. The van der Waals surface area contributed by atoms with Gasteiger partial charge in [-0.05, 0) is 18.6 Å². The van der Waals surface area contributed by atoms with Gasteiger partial charge in [0.1, 0.15) is 0 Å². The van der Waals surface area contributed by atoms with Gasteiger partial charge in [0.05, 0.1) is 12.0 Å². The molecule has 0 fully saturated rings. The van der Waals surface area contributed by atoms with Crippen LogP contribution in [0.15, 0.2) is 36.9 Å². The summed E-state index contributed by atoms with van der Waals surface area (Å²) in [5.74, 6) is -0.881. The van der Waals surface area contributed by atoms with Gasteiger partial charge in [-0.25, -0.2) is 9.78 Å². The fourth-order valence-corrected chi connectivity index (χ4v) is 2.27. The molecule has 8 heteroatoms. The van der Waals surface area contributed by atoms with Crippen LogP contribution in [-0.2, 0) is 11.3 Å². The van der Waals surface area contributed by atoms with Gasteiger partial charge in [-0.1, -0.05) is 17.7 Å². The lowest BCUT2D eigenvalue weighted by Gasteiger charge is -2.13. The van der Waals surface area contributed by atoms with Gasteiger partial charge in [0.2, 0.25) is 0 Å². The number of imidazole rings is 1. The van der Waals surface area contributed by atoms with E-state index in [1.807, 2.05) is 16.7 Å². The number of amides is 2. The maximum atomic E-state index is 11.7. The minimum Gasteiger partial charge on any atom is -0.481 e. The van der Waals surface area contributed by atoms with Crippen molar-refractivity contribution in [2.24, 2.45) is 0 Å². The largest absolute Gasteiger partial charge is 0.481 e. The molecule has 3 N–H and O–H groups in total. The van der Waals surface area contributed by atoms with Crippen LogP contribution in [-0.4, -0.2) is 33.2 Å². The molecule has 0 bridgehead atoms.